The van der Waals surface area contributed by atoms with Crippen LogP contribution in [0.1, 0.15) is 30.9 Å². The number of anilines is 2. The van der Waals surface area contributed by atoms with Gasteiger partial charge in [0.1, 0.15) is 5.82 Å². The Morgan fingerprint density at radius 2 is 1.70 bits per heavy atom. The van der Waals surface area contributed by atoms with Gasteiger partial charge in [0.05, 0.1) is 0 Å². The Morgan fingerprint density at radius 3 is 2.30 bits per heavy atom. The number of carbonyl (C=O) groups excluding carboxylic acids is 2. The average Bonchev–Trinajstić information content (AvgIpc) is 2.56. The van der Waals surface area contributed by atoms with Crippen LogP contribution >= 0.6 is 0 Å². The van der Waals surface area contributed by atoms with E-state index in [1.165, 1.54) is 5.56 Å². The van der Waals surface area contributed by atoms with Crippen molar-refractivity contribution in [2.45, 2.75) is 33.1 Å². The zero-order valence-corrected chi connectivity index (χ0v) is 13.4. The average molecular weight is 311 g/mol. The number of aryl methyl sites for hydroxylation is 2. The fraction of sp³-hybridized carbons (Fsp3) is 0.278. The summed E-state index contributed by atoms with van der Waals surface area (Å²) in [7, 11) is 0. The molecule has 2 N–H and O–H groups in total. The Hall–Kier alpha value is -2.69. The molecule has 0 unspecified atom stereocenters. The van der Waals surface area contributed by atoms with Crippen LogP contribution in [0.5, 0.6) is 0 Å². The third kappa shape index (κ3) is 5.21. The minimum absolute atomic E-state index is 0.352. The van der Waals surface area contributed by atoms with E-state index in [2.05, 4.69) is 22.5 Å². The highest BCUT2D eigenvalue weighted by molar-refractivity contribution is 6.43. The molecule has 2 amide bonds. The molecule has 0 atom stereocenters. The molecule has 1 heterocycles. The van der Waals surface area contributed by atoms with Crippen LogP contribution in [-0.2, 0) is 16.0 Å². The van der Waals surface area contributed by atoms with Gasteiger partial charge in [-0.3, -0.25) is 9.59 Å². The second kappa shape index (κ2) is 8.08. The van der Waals surface area contributed by atoms with Crippen LogP contribution in [0.25, 0.3) is 0 Å². The highest BCUT2D eigenvalue weighted by Crippen LogP contribution is 2.12. The summed E-state index contributed by atoms with van der Waals surface area (Å²) in [6.07, 6.45) is 4.93. The number of nitrogens with one attached hydrogen (secondary N) is 2. The maximum absolute atomic E-state index is 11.9. The molecule has 0 fully saturated rings. The van der Waals surface area contributed by atoms with Gasteiger partial charge in [-0.15, -0.1) is 0 Å². The van der Waals surface area contributed by atoms with E-state index in [9.17, 15) is 9.59 Å². The fourth-order valence-electron chi connectivity index (χ4n) is 2.04. The maximum Gasteiger partial charge on any atom is 0.315 e. The molecule has 2 rings (SSSR count). The smallest absolute Gasteiger partial charge is 0.315 e. The van der Waals surface area contributed by atoms with E-state index < -0.39 is 11.8 Å². The predicted molar refractivity (Wildman–Crippen MR) is 91.3 cm³/mol. The van der Waals surface area contributed by atoms with Crippen LogP contribution in [0, 0.1) is 6.92 Å². The summed E-state index contributed by atoms with van der Waals surface area (Å²) in [6.45, 7) is 4.05. The molecule has 120 valence electrons. The van der Waals surface area contributed by atoms with Crippen molar-refractivity contribution in [3.8, 4) is 0 Å². The normalized spacial score (nSPS) is 10.2. The molecule has 5 heteroatoms. The lowest BCUT2D eigenvalue weighted by atomic mass is 10.1. The van der Waals surface area contributed by atoms with Crippen molar-refractivity contribution in [2.75, 3.05) is 10.6 Å². The number of aromatic nitrogens is 1. The molecule has 0 aliphatic heterocycles. The van der Waals surface area contributed by atoms with E-state index in [1.54, 1.807) is 24.4 Å². The Morgan fingerprint density at radius 1 is 1.00 bits per heavy atom. The van der Waals surface area contributed by atoms with Gasteiger partial charge < -0.3 is 10.6 Å². The molecule has 0 radical (unpaired) electrons. The minimum Gasteiger partial charge on any atom is -0.318 e. The Balaban J connectivity index is 1.90. The maximum atomic E-state index is 11.9. The zero-order valence-electron chi connectivity index (χ0n) is 13.4. The van der Waals surface area contributed by atoms with E-state index in [-0.39, 0.29) is 0 Å². The summed E-state index contributed by atoms with van der Waals surface area (Å²) < 4.78 is 0. The molecule has 0 saturated heterocycles. The van der Waals surface area contributed by atoms with Crippen LogP contribution in [0.3, 0.4) is 0 Å². The first-order valence-corrected chi connectivity index (χ1v) is 7.72. The van der Waals surface area contributed by atoms with Gasteiger partial charge in [-0.05, 0) is 49.1 Å². The van der Waals surface area contributed by atoms with Crippen molar-refractivity contribution in [3.05, 3.63) is 53.7 Å². The molecule has 0 aliphatic rings. The number of carbonyl (C=O) groups is 2. The Bertz CT molecular complexity index is 664. The summed E-state index contributed by atoms with van der Waals surface area (Å²) >= 11 is 0. The number of unbranched alkanes of at least 4 members (excludes halogenated alkanes) is 1. The lowest BCUT2D eigenvalue weighted by Gasteiger charge is -2.07. The number of rotatable bonds is 5. The van der Waals surface area contributed by atoms with Gasteiger partial charge in [-0.2, -0.15) is 0 Å². The van der Waals surface area contributed by atoms with Crippen LogP contribution in [-0.4, -0.2) is 16.8 Å². The van der Waals surface area contributed by atoms with E-state index in [0.717, 1.165) is 24.8 Å². The number of hydrogen-bond donors (Lipinski definition) is 2. The van der Waals surface area contributed by atoms with E-state index in [4.69, 9.17) is 0 Å². The molecule has 1 aromatic heterocycles. The number of hydrogen-bond acceptors (Lipinski definition) is 3. The van der Waals surface area contributed by atoms with Gasteiger partial charge >= 0.3 is 11.8 Å². The summed E-state index contributed by atoms with van der Waals surface area (Å²) in [5.74, 6) is -1.10. The molecule has 1 aromatic carbocycles. The third-order valence-electron chi connectivity index (χ3n) is 3.39. The number of nitrogens with zero attached hydrogens (tertiary/aromatic N) is 1. The summed E-state index contributed by atoms with van der Waals surface area (Å²) in [6, 6.07) is 11.0. The van der Waals surface area contributed by atoms with Crippen molar-refractivity contribution >= 4 is 23.3 Å². The van der Waals surface area contributed by atoms with Gasteiger partial charge in [0.2, 0.25) is 0 Å². The molecule has 0 aliphatic carbocycles. The van der Waals surface area contributed by atoms with E-state index in [0.29, 0.717) is 11.5 Å². The van der Waals surface area contributed by atoms with E-state index in [1.807, 2.05) is 25.1 Å². The second-order valence-electron chi connectivity index (χ2n) is 5.43. The minimum atomic E-state index is -0.739. The molecule has 0 spiro atoms. The fourth-order valence-corrected chi connectivity index (χ4v) is 2.04. The van der Waals surface area contributed by atoms with Crippen LogP contribution in [0.15, 0.2) is 42.6 Å². The highest BCUT2D eigenvalue weighted by Gasteiger charge is 2.14. The monoisotopic (exact) mass is 311 g/mol. The summed E-state index contributed by atoms with van der Waals surface area (Å²) in [4.78, 5) is 27.8. The number of pyridine rings is 1. The van der Waals surface area contributed by atoms with Crippen molar-refractivity contribution in [2.24, 2.45) is 0 Å². The summed E-state index contributed by atoms with van der Waals surface area (Å²) in [5.41, 5.74) is 2.80. The lowest BCUT2D eigenvalue weighted by Crippen LogP contribution is -2.29. The zero-order chi connectivity index (χ0) is 16.7. The molecule has 2 aromatic rings. The predicted octanol–water partition coefficient (Wildman–Crippen LogP) is 3.31. The van der Waals surface area contributed by atoms with Gasteiger partial charge in [0.25, 0.3) is 0 Å². The first kappa shape index (κ1) is 16.7. The third-order valence-corrected chi connectivity index (χ3v) is 3.39. The molecule has 0 saturated carbocycles. The van der Waals surface area contributed by atoms with Crippen molar-refractivity contribution in [1.29, 1.82) is 0 Å². The molecule has 23 heavy (non-hydrogen) atoms. The van der Waals surface area contributed by atoms with Crippen molar-refractivity contribution in [3.63, 3.8) is 0 Å². The van der Waals surface area contributed by atoms with Gasteiger partial charge in [-0.25, -0.2) is 4.98 Å². The van der Waals surface area contributed by atoms with Gasteiger partial charge in [-0.1, -0.05) is 31.5 Å². The highest BCUT2D eigenvalue weighted by atomic mass is 16.2. The number of amides is 2. The Kier molecular flexibility index (Phi) is 5.86. The van der Waals surface area contributed by atoms with Crippen LogP contribution in [0.2, 0.25) is 0 Å². The summed E-state index contributed by atoms with van der Waals surface area (Å²) in [5, 5.41) is 5.04. The first-order chi connectivity index (χ1) is 11.1. The van der Waals surface area contributed by atoms with Crippen molar-refractivity contribution in [1.82, 2.24) is 4.98 Å². The lowest BCUT2D eigenvalue weighted by molar-refractivity contribution is -0.133. The van der Waals surface area contributed by atoms with Crippen molar-refractivity contribution < 1.29 is 9.59 Å². The largest absolute Gasteiger partial charge is 0.318 e. The molecular formula is C18H21N3O2. The molecular weight excluding hydrogens is 290 g/mol. The standard InChI is InChI=1S/C18H21N3O2/c1-3-4-5-14-7-9-15(10-8-14)20-17(22)18(23)21-16-11-6-13(2)12-19-16/h6-12H,3-5H2,1-2H3,(H,20,22)(H,19,21,23). The van der Waals surface area contributed by atoms with Gasteiger partial charge in [0, 0.05) is 11.9 Å². The Labute approximate surface area is 136 Å². The van der Waals surface area contributed by atoms with Crippen LogP contribution in [0.4, 0.5) is 11.5 Å². The quantitative estimate of drug-likeness (QED) is 0.832. The van der Waals surface area contributed by atoms with Gasteiger partial charge in [0.15, 0.2) is 0 Å². The molecule has 5 nitrogen and oxygen atoms in total. The van der Waals surface area contributed by atoms with Crippen LogP contribution < -0.4 is 10.6 Å². The topological polar surface area (TPSA) is 71.1 Å². The first-order valence-electron chi connectivity index (χ1n) is 7.72. The molecule has 0 bridgehead atoms. The van der Waals surface area contributed by atoms with E-state index >= 15 is 0 Å². The second-order valence-corrected chi connectivity index (χ2v) is 5.43. The number of benzene rings is 1. The SMILES string of the molecule is CCCCc1ccc(NC(=O)C(=O)Nc2ccc(C)cn2)cc1.